The molecule has 2 aromatic rings. The smallest absolute Gasteiger partial charge is 0.259 e. The summed E-state index contributed by atoms with van der Waals surface area (Å²) >= 11 is 1.68. The number of hydrogen-bond donors (Lipinski definition) is 1. The molecule has 0 spiro atoms. The predicted molar refractivity (Wildman–Crippen MR) is 126 cm³/mol. The predicted octanol–water partition coefficient (Wildman–Crippen LogP) is 1.91. The van der Waals surface area contributed by atoms with Crippen molar-refractivity contribution in [3.63, 3.8) is 0 Å². The molecule has 0 bridgehead atoms. The summed E-state index contributed by atoms with van der Waals surface area (Å²) in [4.78, 5) is 54.6. The van der Waals surface area contributed by atoms with E-state index in [0.717, 1.165) is 74.8 Å². The fourth-order valence-corrected chi connectivity index (χ4v) is 6.97. The maximum absolute atomic E-state index is 13.2. The van der Waals surface area contributed by atoms with E-state index in [4.69, 9.17) is 4.98 Å². The molecular weight excluding hydrogens is 438 g/mol. The summed E-state index contributed by atoms with van der Waals surface area (Å²) in [5.41, 5.74) is 1.21. The highest BCUT2D eigenvalue weighted by atomic mass is 32.1. The molecule has 33 heavy (non-hydrogen) atoms. The first kappa shape index (κ1) is 21.3. The molecule has 1 unspecified atom stereocenters. The number of hydrogen-bond acceptors (Lipinski definition) is 6. The van der Waals surface area contributed by atoms with Gasteiger partial charge in [-0.05, 0) is 56.9 Å². The van der Waals surface area contributed by atoms with Crippen LogP contribution in [0.4, 0.5) is 0 Å². The number of thiophene rings is 1. The minimum atomic E-state index is -0.269. The molecule has 1 N–H and O–H groups in total. The number of fused-ring (bicyclic) bond motifs is 3. The monoisotopic (exact) mass is 469 g/mol. The summed E-state index contributed by atoms with van der Waals surface area (Å²) < 4.78 is 0. The third-order valence-corrected chi connectivity index (χ3v) is 8.86. The third kappa shape index (κ3) is 3.99. The summed E-state index contributed by atoms with van der Waals surface area (Å²) in [7, 11) is 0. The molecule has 176 valence electrons. The number of piperazine rings is 1. The number of H-pyrrole nitrogens is 1. The quantitative estimate of drug-likeness (QED) is 0.739. The Hall–Kier alpha value is -2.26. The molecule has 3 fully saturated rings. The lowest BCUT2D eigenvalue weighted by atomic mass is 9.97. The molecule has 0 aromatic carbocycles. The second kappa shape index (κ2) is 8.51. The molecule has 2 amide bonds. The molecule has 2 aliphatic heterocycles. The topological polar surface area (TPSA) is 89.6 Å². The minimum Gasteiger partial charge on any atom is -0.338 e. The summed E-state index contributed by atoms with van der Waals surface area (Å²) in [6, 6.07) is -0.269. The largest absolute Gasteiger partial charge is 0.338 e. The Morgan fingerprint density at radius 1 is 0.970 bits per heavy atom. The first-order valence-electron chi connectivity index (χ1n) is 12.4. The number of aromatic amines is 1. The Balaban J connectivity index is 1.09. The Bertz CT molecular complexity index is 1140. The van der Waals surface area contributed by atoms with Gasteiger partial charge in [0.2, 0.25) is 11.8 Å². The Morgan fingerprint density at radius 2 is 1.76 bits per heavy atom. The summed E-state index contributed by atoms with van der Waals surface area (Å²) in [6.07, 6.45) is 8.05. The van der Waals surface area contributed by atoms with Gasteiger partial charge < -0.3 is 14.8 Å². The maximum atomic E-state index is 13.2. The van der Waals surface area contributed by atoms with Crippen LogP contribution < -0.4 is 5.56 Å². The first-order valence-corrected chi connectivity index (χ1v) is 13.2. The van der Waals surface area contributed by atoms with Crippen LogP contribution >= 0.6 is 11.3 Å². The van der Waals surface area contributed by atoms with Crippen molar-refractivity contribution < 1.29 is 9.59 Å². The van der Waals surface area contributed by atoms with E-state index in [1.54, 1.807) is 11.3 Å². The van der Waals surface area contributed by atoms with Gasteiger partial charge in [0.1, 0.15) is 16.7 Å². The molecular formula is C24H31N5O3S. The highest BCUT2D eigenvalue weighted by Gasteiger charge is 2.42. The van der Waals surface area contributed by atoms with Crippen molar-refractivity contribution in [2.75, 3.05) is 32.7 Å². The number of carbonyl (C=O) groups excluding carboxylic acids is 2. The second-order valence-corrected chi connectivity index (χ2v) is 11.1. The molecule has 9 heteroatoms. The van der Waals surface area contributed by atoms with Crippen LogP contribution in [0.1, 0.15) is 54.8 Å². The first-order chi connectivity index (χ1) is 16.1. The van der Waals surface area contributed by atoms with Crippen molar-refractivity contribution in [3.8, 4) is 0 Å². The molecule has 1 saturated carbocycles. The number of aromatic nitrogens is 2. The van der Waals surface area contributed by atoms with E-state index in [1.807, 2.05) is 9.80 Å². The van der Waals surface area contributed by atoms with Gasteiger partial charge in [-0.2, -0.15) is 0 Å². The standard InChI is InChI=1S/C24H31N5O3S/c30-21-20-16-4-1-2-6-18(16)33-22(20)26-19(25-21)14-27-10-12-28(13-11-27)24(32)17-5-3-9-29(17)23(31)15-7-8-15/h15,17H,1-14H2,(H,25,26,30). The average Bonchev–Trinajstić information content (AvgIpc) is 3.43. The van der Waals surface area contributed by atoms with Crippen LogP contribution in [0.2, 0.25) is 0 Å². The zero-order valence-electron chi connectivity index (χ0n) is 19.0. The van der Waals surface area contributed by atoms with Gasteiger partial charge in [-0.25, -0.2) is 4.98 Å². The van der Waals surface area contributed by atoms with Crippen LogP contribution in [0.15, 0.2) is 4.79 Å². The Labute approximate surface area is 197 Å². The zero-order chi connectivity index (χ0) is 22.5. The van der Waals surface area contributed by atoms with Gasteiger partial charge in [-0.15, -0.1) is 11.3 Å². The average molecular weight is 470 g/mol. The maximum Gasteiger partial charge on any atom is 0.259 e. The van der Waals surface area contributed by atoms with Crippen molar-refractivity contribution in [1.82, 2.24) is 24.7 Å². The lowest BCUT2D eigenvalue weighted by Gasteiger charge is -2.37. The van der Waals surface area contributed by atoms with Gasteiger partial charge in [0.15, 0.2) is 0 Å². The summed E-state index contributed by atoms with van der Waals surface area (Å²) in [6.45, 7) is 4.11. The van der Waals surface area contributed by atoms with Gasteiger partial charge in [0.25, 0.3) is 5.56 Å². The van der Waals surface area contributed by atoms with Gasteiger partial charge in [0, 0.05) is 43.5 Å². The van der Waals surface area contributed by atoms with Crippen molar-refractivity contribution in [3.05, 3.63) is 26.6 Å². The summed E-state index contributed by atoms with van der Waals surface area (Å²) in [5.74, 6) is 1.17. The van der Waals surface area contributed by atoms with E-state index in [9.17, 15) is 14.4 Å². The lowest BCUT2D eigenvalue weighted by molar-refractivity contribution is -0.145. The molecule has 2 aromatic heterocycles. The van der Waals surface area contributed by atoms with Crippen LogP contribution in [-0.2, 0) is 29.0 Å². The van der Waals surface area contributed by atoms with Gasteiger partial charge >= 0.3 is 0 Å². The van der Waals surface area contributed by atoms with Gasteiger partial charge in [0.05, 0.1) is 11.9 Å². The molecule has 2 aliphatic carbocycles. The van der Waals surface area contributed by atoms with Crippen molar-refractivity contribution >= 4 is 33.4 Å². The zero-order valence-corrected chi connectivity index (χ0v) is 19.8. The van der Waals surface area contributed by atoms with Crippen LogP contribution in [0.5, 0.6) is 0 Å². The fourth-order valence-electron chi connectivity index (χ4n) is 5.68. The number of aryl methyl sites for hydroxylation is 2. The minimum absolute atomic E-state index is 0.00938. The molecule has 6 rings (SSSR count). The van der Waals surface area contributed by atoms with E-state index in [1.165, 1.54) is 16.9 Å². The molecule has 0 radical (unpaired) electrons. The van der Waals surface area contributed by atoms with E-state index < -0.39 is 0 Å². The van der Waals surface area contributed by atoms with Gasteiger partial charge in [-0.1, -0.05) is 0 Å². The third-order valence-electron chi connectivity index (χ3n) is 7.68. The lowest BCUT2D eigenvalue weighted by Crippen LogP contribution is -2.54. The SMILES string of the molecule is O=C(C1CCCN1C(=O)C1CC1)N1CCN(Cc2nc3sc4c(c3c(=O)[nH]2)CCCC4)CC1. The van der Waals surface area contributed by atoms with E-state index in [2.05, 4.69) is 9.88 Å². The van der Waals surface area contributed by atoms with Gasteiger partial charge in [-0.3, -0.25) is 19.3 Å². The number of carbonyl (C=O) groups is 2. The van der Waals surface area contributed by atoms with Crippen molar-refractivity contribution in [2.45, 2.75) is 64.0 Å². The molecule has 8 nitrogen and oxygen atoms in total. The Kier molecular flexibility index (Phi) is 5.49. The van der Waals surface area contributed by atoms with Crippen molar-refractivity contribution in [2.24, 2.45) is 5.92 Å². The number of likely N-dealkylation sites (tertiary alicyclic amines) is 1. The van der Waals surface area contributed by atoms with Crippen LogP contribution in [0.25, 0.3) is 10.2 Å². The van der Waals surface area contributed by atoms with E-state index >= 15 is 0 Å². The highest BCUT2D eigenvalue weighted by Crippen LogP contribution is 2.35. The molecule has 4 heterocycles. The second-order valence-electron chi connectivity index (χ2n) is 9.97. The van der Waals surface area contributed by atoms with E-state index in [-0.39, 0.29) is 29.3 Å². The molecule has 2 saturated heterocycles. The number of nitrogens with one attached hydrogen (secondary N) is 1. The molecule has 1 atom stereocenters. The summed E-state index contributed by atoms with van der Waals surface area (Å²) in [5, 5.41) is 0.802. The van der Waals surface area contributed by atoms with E-state index in [0.29, 0.717) is 25.5 Å². The van der Waals surface area contributed by atoms with Crippen LogP contribution in [0, 0.1) is 5.92 Å². The highest BCUT2D eigenvalue weighted by molar-refractivity contribution is 7.18. The number of amides is 2. The van der Waals surface area contributed by atoms with Crippen LogP contribution in [-0.4, -0.2) is 75.2 Å². The van der Waals surface area contributed by atoms with Crippen LogP contribution in [0.3, 0.4) is 0 Å². The molecule has 4 aliphatic rings. The number of rotatable bonds is 4. The normalized spacial score (nSPS) is 23.8. The van der Waals surface area contributed by atoms with Crippen molar-refractivity contribution in [1.29, 1.82) is 0 Å². The Morgan fingerprint density at radius 3 is 2.55 bits per heavy atom. The fraction of sp³-hybridized carbons (Fsp3) is 0.667. The number of nitrogens with zero attached hydrogens (tertiary/aromatic N) is 4.